The van der Waals surface area contributed by atoms with Gasteiger partial charge in [0.1, 0.15) is 11.8 Å². The third-order valence-electron chi connectivity index (χ3n) is 8.17. The number of hydrogen-bond donors (Lipinski definition) is 0. The van der Waals surface area contributed by atoms with E-state index in [1.165, 1.54) is 21.2 Å². The van der Waals surface area contributed by atoms with Crippen LogP contribution in [-0.4, -0.2) is 71.8 Å². The summed E-state index contributed by atoms with van der Waals surface area (Å²) in [6, 6.07) is 15.2. The minimum atomic E-state index is -0.722. The Balaban J connectivity index is 1.43. The number of amides is 3. The molecule has 0 saturated carbocycles. The molecule has 2 fully saturated rings. The molecule has 9 nitrogen and oxygen atoms in total. The molecule has 2 saturated heterocycles. The third kappa shape index (κ3) is 5.12. The topological polar surface area (TPSA) is 92.2 Å². The summed E-state index contributed by atoms with van der Waals surface area (Å²) in [5.41, 5.74) is 2.45. The number of thioether (sulfide) groups is 1. The molecule has 3 amide bonds. The molecule has 3 aromatic rings. The number of fused-ring (bicyclic) bond motifs is 2. The van der Waals surface area contributed by atoms with E-state index in [9.17, 15) is 19.2 Å². The lowest BCUT2D eigenvalue weighted by molar-refractivity contribution is -0.136. The highest BCUT2D eigenvalue weighted by Crippen LogP contribution is 2.54. The van der Waals surface area contributed by atoms with E-state index >= 15 is 0 Å². The van der Waals surface area contributed by atoms with Crippen LogP contribution < -0.4 is 14.7 Å². The molecule has 4 heterocycles. The van der Waals surface area contributed by atoms with Gasteiger partial charge in [0.15, 0.2) is 0 Å². The number of ether oxygens (including phenoxy) is 1. The Kier molecular flexibility index (Phi) is 8.32. The summed E-state index contributed by atoms with van der Waals surface area (Å²) in [4.78, 5) is 60.3. The Morgan fingerprint density at radius 2 is 1.64 bits per heavy atom. The second-order valence-corrected chi connectivity index (χ2v) is 13.4. The van der Waals surface area contributed by atoms with Gasteiger partial charge in [0.05, 0.1) is 29.8 Å². The monoisotopic (exact) mass is 670 g/mol. The van der Waals surface area contributed by atoms with Crippen molar-refractivity contribution in [3.8, 4) is 0 Å². The van der Waals surface area contributed by atoms with Crippen molar-refractivity contribution in [1.29, 1.82) is 0 Å². The normalized spacial score (nSPS) is 21.8. The number of benzene rings is 2. The summed E-state index contributed by atoms with van der Waals surface area (Å²) < 4.78 is 7.72. The van der Waals surface area contributed by atoms with E-state index in [1.807, 2.05) is 24.3 Å². The van der Waals surface area contributed by atoms with Gasteiger partial charge in [0, 0.05) is 47.1 Å². The Morgan fingerprint density at radius 1 is 0.976 bits per heavy atom. The first-order chi connectivity index (χ1) is 20.3. The van der Waals surface area contributed by atoms with Crippen LogP contribution in [0.5, 0.6) is 0 Å². The Morgan fingerprint density at radius 3 is 2.29 bits per heavy atom. The number of rotatable bonds is 7. The highest BCUT2D eigenvalue weighted by Gasteiger charge is 2.56. The van der Waals surface area contributed by atoms with E-state index in [2.05, 4.69) is 34.7 Å². The fraction of sp³-hybridized carbons (Fsp3) is 0.400. The highest BCUT2D eigenvalue weighted by atomic mass is 79.9. The Labute approximate surface area is 260 Å². The first kappa shape index (κ1) is 29.2. The second-order valence-electron chi connectivity index (χ2n) is 10.4. The van der Waals surface area contributed by atoms with Gasteiger partial charge in [-0.15, -0.1) is 0 Å². The minimum Gasteiger partial charge on any atom is -0.378 e. The first-order valence-electron chi connectivity index (χ1n) is 14.1. The van der Waals surface area contributed by atoms with Gasteiger partial charge in [0.25, 0.3) is 0 Å². The van der Waals surface area contributed by atoms with Crippen molar-refractivity contribution < 1.29 is 19.1 Å². The predicted octanol–water partition coefficient (Wildman–Crippen LogP) is 4.17. The smallest absolute Gasteiger partial charge is 0.308 e. The van der Waals surface area contributed by atoms with Crippen LogP contribution in [0, 0.1) is 5.92 Å². The molecule has 3 atom stereocenters. The van der Waals surface area contributed by atoms with Gasteiger partial charge in [-0.25, -0.2) is 4.90 Å². The summed E-state index contributed by atoms with van der Waals surface area (Å²) in [6.07, 6.45) is 0. The summed E-state index contributed by atoms with van der Waals surface area (Å²) >= 11 is 5.73. The number of morpholine rings is 1. The maximum atomic E-state index is 14.1. The van der Waals surface area contributed by atoms with Crippen LogP contribution in [0.3, 0.4) is 0 Å². The van der Waals surface area contributed by atoms with Crippen molar-refractivity contribution in [2.45, 2.75) is 36.6 Å². The summed E-state index contributed by atoms with van der Waals surface area (Å²) in [5, 5.41) is -0.121. The fourth-order valence-electron chi connectivity index (χ4n) is 5.99. The van der Waals surface area contributed by atoms with Crippen LogP contribution in [0.4, 0.5) is 11.4 Å². The highest BCUT2D eigenvalue weighted by molar-refractivity contribution is 9.10. The molecule has 3 unspecified atom stereocenters. The molecule has 0 spiro atoms. The van der Waals surface area contributed by atoms with E-state index in [0.717, 1.165) is 45.0 Å². The number of nitrogens with zero attached hydrogens (tertiary/aromatic N) is 4. The van der Waals surface area contributed by atoms with Crippen LogP contribution in [0.15, 0.2) is 62.8 Å². The molecule has 0 N–H and O–H groups in total. The van der Waals surface area contributed by atoms with E-state index in [0.29, 0.717) is 37.0 Å². The van der Waals surface area contributed by atoms with Crippen LogP contribution >= 0.6 is 39.0 Å². The molecule has 12 heteroatoms. The Hall–Kier alpha value is -2.93. The summed E-state index contributed by atoms with van der Waals surface area (Å²) in [6.45, 7) is 7.71. The summed E-state index contributed by atoms with van der Waals surface area (Å²) in [7, 11) is 0. The molecular formula is C30H31BrN4O5S2. The molecule has 6 rings (SSSR count). The molecule has 0 aliphatic carbocycles. The maximum Gasteiger partial charge on any atom is 0.308 e. The van der Waals surface area contributed by atoms with Gasteiger partial charge in [0.2, 0.25) is 17.7 Å². The zero-order chi connectivity index (χ0) is 29.5. The molecule has 3 aliphatic heterocycles. The molecule has 1 aromatic heterocycles. The van der Waals surface area contributed by atoms with E-state index in [4.69, 9.17) is 4.74 Å². The number of aromatic nitrogens is 1. The Bertz CT molecular complexity index is 1560. The van der Waals surface area contributed by atoms with Crippen LogP contribution in [0.25, 0.3) is 0 Å². The molecule has 2 aromatic carbocycles. The van der Waals surface area contributed by atoms with E-state index in [1.54, 1.807) is 29.2 Å². The molecule has 3 aliphatic rings. The minimum absolute atomic E-state index is 0.110. The maximum absolute atomic E-state index is 14.1. The zero-order valence-corrected chi connectivity index (χ0v) is 26.5. The molecule has 0 radical (unpaired) electrons. The van der Waals surface area contributed by atoms with Crippen LogP contribution in [0.1, 0.15) is 30.2 Å². The number of carbonyl (C=O) groups is 3. The number of carbonyl (C=O) groups excluding carboxylic acids is 3. The molecule has 0 bridgehead atoms. The molecule has 42 heavy (non-hydrogen) atoms. The predicted molar refractivity (Wildman–Crippen MR) is 168 cm³/mol. The number of imide groups is 1. The van der Waals surface area contributed by atoms with Crippen molar-refractivity contribution in [3.63, 3.8) is 0 Å². The van der Waals surface area contributed by atoms with E-state index < -0.39 is 17.1 Å². The second kappa shape index (κ2) is 12.0. The molecular weight excluding hydrogens is 640 g/mol. The largest absolute Gasteiger partial charge is 0.378 e. The first-order valence-corrected chi connectivity index (χ1v) is 16.5. The zero-order valence-electron chi connectivity index (χ0n) is 23.3. The van der Waals surface area contributed by atoms with Gasteiger partial charge < -0.3 is 14.5 Å². The quantitative estimate of drug-likeness (QED) is 0.349. The van der Waals surface area contributed by atoms with Gasteiger partial charge in [-0.2, -0.15) is 0 Å². The fourth-order valence-corrected chi connectivity index (χ4v) is 9.03. The lowest BCUT2D eigenvalue weighted by Gasteiger charge is -2.31. The van der Waals surface area contributed by atoms with Gasteiger partial charge in [-0.1, -0.05) is 51.2 Å². The van der Waals surface area contributed by atoms with Crippen LogP contribution in [0.2, 0.25) is 0 Å². The standard InChI is InChI=1S/C30H31BrN4O5S2/c1-3-32(4-2)20-9-5-18(6-10-20)23-24-25(28(38)35(27(24)37)21-11-7-19(31)8-12-21)41-29-26(23)42-30(39)34(29)17-22(36)33-13-15-40-16-14-33/h5-12,23-25H,3-4,13-17H2,1-2H3. The van der Waals surface area contributed by atoms with Crippen molar-refractivity contribution in [1.82, 2.24) is 9.47 Å². The van der Waals surface area contributed by atoms with Gasteiger partial charge >= 0.3 is 4.87 Å². The number of thiazole rings is 1. The van der Waals surface area contributed by atoms with Gasteiger partial charge in [-0.05, 0) is 55.8 Å². The number of halogens is 1. The lowest BCUT2D eigenvalue weighted by Crippen LogP contribution is -2.43. The lowest BCUT2D eigenvalue weighted by atomic mass is 9.83. The number of hydrogen-bond acceptors (Lipinski definition) is 8. The van der Waals surface area contributed by atoms with Crippen LogP contribution in [-0.2, 0) is 25.7 Å². The van der Waals surface area contributed by atoms with Crippen molar-refractivity contribution >= 4 is 68.1 Å². The SMILES string of the molecule is CCN(CC)c1ccc(C2c3sc(=O)n(CC(=O)N4CCOCC4)c3SC3C(=O)N(c4ccc(Br)cc4)C(=O)C32)cc1. The molecule has 220 valence electrons. The third-order valence-corrected chi connectivity index (χ3v) is 11.3. The van der Waals surface area contributed by atoms with Crippen molar-refractivity contribution in [2.75, 3.05) is 49.2 Å². The van der Waals surface area contributed by atoms with Crippen molar-refractivity contribution in [2.24, 2.45) is 5.92 Å². The van der Waals surface area contributed by atoms with E-state index in [-0.39, 0.29) is 29.1 Å². The average Bonchev–Trinajstić information content (AvgIpc) is 3.45. The van der Waals surface area contributed by atoms with Crippen molar-refractivity contribution in [3.05, 3.63) is 73.1 Å². The average molecular weight is 672 g/mol. The van der Waals surface area contributed by atoms with Gasteiger partial charge in [-0.3, -0.25) is 23.7 Å². The summed E-state index contributed by atoms with van der Waals surface area (Å²) in [5.74, 6) is -1.92. The number of anilines is 2.